The molecule has 0 saturated carbocycles. The van der Waals surface area contributed by atoms with Crippen LogP contribution in [0.3, 0.4) is 0 Å². The predicted octanol–water partition coefficient (Wildman–Crippen LogP) is 2.86. The van der Waals surface area contributed by atoms with Crippen LogP contribution in [0.4, 0.5) is 0 Å². The van der Waals surface area contributed by atoms with Crippen molar-refractivity contribution in [2.45, 2.75) is 39.0 Å². The van der Waals surface area contributed by atoms with Gasteiger partial charge in [0.1, 0.15) is 18.5 Å². The summed E-state index contributed by atoms with van der Waals surface area (Å²) >= 11 is 0. The first kappa shape index (κ1) is 11.0. The Morgan fingerprint density at radius 3 is 2.80 bits per heavy atom. The van der Waals surface area contributed by atoms with Gasteiger partial charge in [0, 0.05) is 11.1 Å². The first-order valence-corrected chi connectivity index (χ1v) is 6.11. The van der Waals surface area contributed by atoms with Crippen LogP contribution in [0, 0.1) is 5.41 Å². The third kappa shape index (κ3) is 2.20. The maximum atomic E-state index is 5.98. The van der Waals surface area contributed by atoms with Gasteiger partial charge in [-0.25, -0.2) is 0 Å². The second kappa shape index (κ2) is 3.83. The van der Waals surface area contributed by atoms with E-state index in [1.54, 1.807) is 0 Å². The molecule has 0 aromatic heterocycles. The maximum Gasteiger partial charge on any atom is 0.157 e. The summed E-state index contributed by atoms with van der Waals surface area (Å²) in [5.41, 5.74) is 0.506. The average molecular weight is 226 g/mol. The van der Waals surface area contributed by atoms with Crippen LogP contribution in [0.25, 0.3) is 0 Å². The Hall–Kier alpha value is -0.490. The zero-order valence-corrected chi connectivity index (χ0v) is 10.8. The summed E-state index contributed by atoms with van der Waals surface area (Å²) in [7, 11) is 2.81. The molecule has 3 atom stereocenters. The topological polar surface area (TPSA) is 18.5 Å². The van der Waals surface area contributed by atoms with Gasteiger partial charge in [0.15, 0.2) is 5.76 Å². The number of ether oxygens (including phenoxy) is 2. The highest BCUT2D eigenvalue weighted by molar-refractivity contribution is 7.18. The second-order valence-electron chi connectivity index (χ2n) is 5.26. The summed E-state index contributed by atoms with van der Waals surface area (Å²) in [4.78, 5) is 0. The normalized spacial score (nSPS) is 30.7. The monoisotopic (exact) mass is 226 g/mol. The SMILES string of the molecule is CC(C)(C)C1COC2=C(C=CCC2P)O1. The third-order valence-corrected chi connectivity index (χ3v) is 3.44. The summed E-state index contributed by atoms with van der Waals surface area (Å²) < 4.78 is 11.8. The average Bonchev–Trinajstić information content (AvgIpc) is 2.16. The van der Waals surface area contributed by atoms with Gasteiger partial charge in [0.2, 0.25) is 0 Å². The molecule has 3 unspecified atom stereocenters. The molecule has 0 spiro atoms. The second-order valence-corrected chi connectivity index (χ2v) is 6.06. The number of rotatable bonds is 0. The Morgan fingerprint density at radius 2 is 2.13 bits per heavy atom. The van der Waals surface area contributed by atoms with Gasteiger partial charge >= 0.3 is 0 Å². The van der Waals surface area contributed by atoms with Gasteiger partial charge in [0.25, 0.3) is 0 Å². The van der Waals surface area contributed by atoms with Crippen LogP contribution in [0.5, 0.6) is 0 Å². The molecule has 1 aliphatic heterocycles. The molecule has 2 rings (SSSR count). The molecular weight excluding hydrogens is 207 g/mol. The van der Waals surface area contributed by atoms with E-state index in [9.17, 15) is 0 Å². The fraction of sp³-hybridized carbons (Fsp3) is 0.667. The van der Waals surface area contributed by atoms with Crippen molar-refractivity contribution in [3.8, 4) is 0 Å². The first-order valence-electron chi connectivity index (χ1n) is 5.44. The molecule has 2 nitrogen and oxygen atoms in total. The zero-order valence-electron chi connectivity index (χ0n) is 9.62. The lowest BCUT2D eigenvalue weighted by Crippen LogP contribution is -2.38. The highest BCUT2D eigenvalue weighted by Gasteiger charge is 2.34. The predicted molar refractivity (Wildman–Crippen MR) is 64.6 cm³/mol. The van der Waals surface area contributed by atoms with Crippen LogP contribution in [0.2, 0.25) is 0 Å². The lowest BCUT2D eigenvalue weighted by Gasteiger charge is -2.37. The van der Waals surface area contributed by atoms with Crippen molar-refractivity contribution in [1.82, 2.24) is 0 Å². The molecule has 0 radical (unpaired) electrons. The van der Waals surface area contributed by atoms with E-state index in [0.717, 1.165) is 17.9 Å². The molecule has 1 heterocycles. The van der Waals surface area contributed by atoms with Gasteiger partial charge in [-0.3, -0.25) is 0 Å². The fourth-order valence-corrected chi connectivity index (χ4v) is 2.17. The smallest absolute Gasteiger partial charge is 0.157 e. The molecule has 0 aromatic carbocycles. The molecule has 0 amide bonds. The number of hydrogen-bond acceptors (Lipinski definition) is 2. The lowest BCUT2D eigenvalue weighted by molar-refractivity contribution is -0.0553. The van der Waals surface area contributed by atoms with E-state index in [4.69, 9.17) is 9.47 Å². The minimum absolute atomic E-state index is 0.125. The highest BCUT2D eigenvalue weighted by atomic mass is 31.0. The van der Waals surface area contributed by atoms with E-state index in [1.165, 1.54) is 0 Å². The van der Waals surface area contributed by atoms with E-state index >= 15 is 0 Å². The molecule has 3 heteroatoms. The number of hydrogen-bond donors (Lipinski definition) is 0. The largest absolute Gasteiger partial charge is 0.490 e. The molecule has 0 fully saturated rings. The van der Waals surface area contributed by atoms with Gasteiger partial charge in [-0.2, -0.15) is 0 Å². The minimum atomic E-state index is 0.125. The van der Waals surface area contributed by atoms with Crippen LogP contribution >= 0.6 is 9.24 Å². The van der Waals surface area contributed by atoms with Crippen molar-refractivity contribution in [2.24, 2.45) is 5.41 Å². The van der Waals surface area contributed by atoms with Gasteiger partial charge < -0.3 is 9.47 Å². The van der Waals surface area contributed by atoms with Gasteiger partial charge in [-0.15, -0.1) is 9.24 Å². The van der Waals surface area contributed by atoms with Gasteiger partial charge in [-0.1, -0.05) is 26.8 Å². The molecule has 15 heavy (non-hydrogen) atoms. The standard InChI is InChI=1S/C12H19O2P/c1-12(2,3)10-7-13-11-8(14-10)5-4-6-9(11)15/h4-5,9-10H,6-7,15H2,1-3H3. The minimum Gasteiger partial charge on any atom is -0.490 e. The Morgan fingerprint density at radius 1 is 1.40 bits per heavy atom. The van der Waals surface area contributed by atoms with E-state index in [1.807, 2.05) is 6.08 Å². The molecule has 0 saturated heterocycles. The van der Waals surface area contributed by atoms with Crippen LogP contribution < -0.4 is 0 Å². The zero-order chi connectivity index (χ0) is 11.1. The van der Waals surface area contributed by atoms with Crippen LogP contribution in [0.1, 0.15) is 27.2 Å². The Bertz CT molecular complexity index is 312. The Labute approximate surface area is 93.9 Å². The Kier molecular flexibility index (Phi) is 2.81. The van der Waals surface area contributed by atoms with E-state index in [-0.39, 0.29) is 11.5 Å². The van der Waals surface area contributed by atoms with Crippen LogP contribution in [0.15, 0.2) is 23.7 Å². The van der Waals surface area contributed by atoms with E-state index in [2.05, 4.69) is 36.1 Å². The van der Waals surface area contributed by atoms with Crippen molar-refractivity contribution >= 4 is 9.24 Å². The maximum absolute atomic E-state index is 5.98. The fourth-order valence-electron chi connectivity index (χ4n) is 1.75. The molecule has 0 aromatic rings. The molecule has 84 valence electrons. The molecular formula is C12H19O2P. The van der Waals surface area contributed by atoms with Crippen LogP contribution in [-0.2, 0) is 9.47 Å². The summed E-state index contributed by atoms with van der Waals surface area (Å²) in [5, 5.41) is 0. The molecule has 0 bridgehead atoms. The third-order valence-electron chi connectivity index (χ3n) is 2.86. The summed E-state index contributed by atoms with van der Waals surface area (Å²) in [5.74, 6) is 1.93. The van der Waals surface area contributed by atoms with Gasteiger partial charge in [-0.05, 0) is 12.5 Å². The highest BCUT2D eigenvalue weighted by Crippen LogP contribution is 2.35. The molecule has 0 N–H and O–H groups in total. The van der Waals surface area contributed by atoms with Crippen molar-refractivity contribution in [3.63, 3.8) is 0 Å². The number of allylic oxidation sites excluding steroid dienone is 3. The van der Waals surface area contributed by atoms with Crippen molar-refractivity contribution < 1.29 is 9.47 Å². The lowest BCUT2D eigenvalue weighted by atomic mass is 9.89. The van der Waals surface area contributed by atoms with E-state index in [0.29, 0.717) is 12.3 Å². The van der Waals surface area contributed by atoms with Crippen molar-refractivity contribution in [2.75, 3.05) is 6.61 Å². The quantitative estimate of drug-likeness (QED) is 0.591. The van der Waals surface area contributed by atoms with Crippen LogP contribution in [-0.4, -0.2) is 18.4 Å². The van der Waals surface area contributed by atoms with Crippen molar-refractivity contribution in [3.05, 3.63) is 23.7 Å². The molecule has 2 aliphatic rings. The summed E-state index contributed by atoms with van der Waals surface area (Å²) in [6, 6.07) is 0. The van der Waals surface area contributed by atoms with Gasteiger partial charge in [0.05, 0.1) is 0 Å². The first-order chi connectivity index (χ1) is 6.98. The van der Waals surface area contributed by atoms with Crippen molar-refractivity contribution in [1.29, 1.82) is 0 Å². The molecule has 1 aliphatic carbocycles. The van der Waals surface area contributed by atoms with E-state index < -0.39 is 0 Å². The summed E-state index contributed by atoms with van der Waals surface area (Å²) in [6.45, 7) is 7.20. The summed E-state index contributed by atoms with van der Waals surface area (Å²) in [6.07, 6.45) is 5.35. The Balaban J connectivity index is 2.18.